The molecule has 0 amide bonds. The molecule has 0 aliphatic heterocycles. The number of carbonyl (C=O) groups is 1. The van der Waals surface area contributed by atoms with Crippen molar-refractivity contribution >= 4 is 5.97 Å². The van der Waals surface area contributed by atoms with Crippen molar-refractivity contribution in [3.8, 4) is 17.2 Å². The number of hydrogen-bond donors (Lipinski definition) is 0. The summed E-state index contributed by atoms with van der Waals surface area (Å²) in [6.07, 6.45) is 0. The van der Waals surface area contributed by atoms with Crippen molar-refractivity contribution in [1.82, 2.24) is 0 Å². The third-order valence-electron chi connectivity index (χ3n) is 2.75. The molecule has 0 atom stereocenters. The first kappa shape index (κ1) is 12.8. The van der Waals surface area contributed by atoms with E-state index in [1.54, 1.807) is 6.07 Å². The van der Waals surface area contributed by atoms with Gasteiger partial charge in [0.2, 0.25) is 0 Å². The predicted molar refractivity (Wildman–Crippen MR) is 72.1 cm³/mol. The minimum absolute atomic E-state index is 0.238. The van der Waals surface area contributed by atoms with Crippen LogP contribution in [0, 0.1) is 11.3 Å². The Morgan fingerprint density at radius 2 is 2.00 bits per heavy atom. The molecule has 0 aliphatic rings. The fourth-order valence-electron chi connectivity index (χ4n) is 1.86. The van der Waals surface area contributed by atoms with Crippen LogP contribution in [0.5, 0.6) is 0 Å². The van der Waals surface area contributed by atoms with E-state index < -0.39 is 0 Å². The molecule has 0 saturated heterocycles. The van der Waals surface area contributed by atoms with Crippen LogP contribution >= 0.6 is 0 Å². The summed E-state index contributed by atoms with van der Waals surface area (Å²) < 4.78 is 5.04. The molecular weight excluding hydrogens is 238 g/mol. The quantitative estimate of drug-likeness (QED) is 0.786. The number of carbonyl (C=O) groups excluding carboxylic acids is 1. The molecule has 0 aromatic heterocycles. The third-order valence-corrected chi connectivity index (χ3v) is 2.75. The summed E-state index contributed by atoms with van der Waals surface area (Å²) in [5.41, 5.74) is 3.45. The second-order valence-corrected chi connectivity index (χ2v) is 4.13. The number of rotatable bonds is 3. The molecule has 19 heavy (non-hydrogen) atoms. The van der Waals surface area contributed by atoms with Gasteiger partial charge in [0.15, 0.2) is 0 Å². The predicted octanol–water partition coefficient (Wildman–Crippen LogP) is 3.29. The molecule has 2 aromatic carbocycles. The fraction of sp³-hybridized carbons (Fsp3) is 0.125. The zero-order valence-corrected chi connectivity index (χ0v) is 10.6. The average Bonchev–Trinajstić information content (AvgIpc) is 2.45. The van der Waals surface area contributed by atoms with Crippen molar-refractivity contribution in [1.29, 1.82) is 5.26 Å². The van der Waals surface area contributed by atoms with Crippen LogP contribution in [-0.2, 0) is 16.1 Å². The number of hydrogen-bond acceptors (Lipinski definition) is 3. The highest BCUT2D eigenvalue weighted by molar-refractivity contribution is 5.70. The Labute approximate surface area is 112 Å². The van der Waals surface area contributed by atoms with Gasteiger partial charge in [-0.25, -0.2) is 0 Å². The second-order valence-electron chi connectivity index (χ2n) is 4.13. The van der Waals surface area contributed by atoms with Gasteiger partial charge in [0.05, 0.1) is 11.6 Å². The summed E-state index contributed by atoms with van der Waals surface area (Å²) in [6, 6.07) is 17.2. The Kier molecular flexibility index (Phi) is 3.94. The molecule has 94 valence electrons. The van der Waals surface area contributed by atoms with Crippen LogP contribution in [0.3, 0.4) is 0 Å². The van der Waals surface area contributed by atoms with Crippen molar-refractivity contribution in [2.24, 2.45) is 0 Å². The van der Waals surface area contributed by atoms with Crippen LogP contribution < -0.4 is 0 Å². The summed E-state index contributed by atoms with van der Waals surface area (Å²) in [4.78, 5) is 10.9. The van der Waals surface area contributed by atoms with E-state index in [0.29, 0.717) is 5.56 Å². The molecule has 3 heteroatoms. The molecule has 0 bridgehead atoms. The SMILES string of the molecule is CC(=O)OCc1ccccc1-c1cccc(C#N)c1. The Morgan fingerprint density at radius 3 is 2.74 bits per heavy atom. The molecule has 0 saturated carbocycles. The van der Waals surface area contributed by atoms with Crippen molar-refractivity contribution in [3.05, 3.63) is 59.7 Å². The highest BCUT2D eigenvalue weighted by atomic mass is 16.5. The zero-order valence-electron chi connectivity index (χ0n) is 10.6. The van der Waals surface area contributed by atoms with Gasteiger partial charge >= 0.3 is 5.97 Å². The standard InChI is InChI=1S/C16H13NO2/c1-12(18)19-11-15-6-2-3-8-16(15)14-7-4-5-13(9-14)10-17/h2-9H,11H2,1H3. The van der Waals surface area contributed by atoms with E-state index in [4.69, 9.17) is 10.00 Å². The molecule has 0 N–H and O–H groups in total. The first-order chi connectivity index (χ1) is 9.20. The van der Waals surface area contributed by atoms with Crippen molar-refractivity contribution in [2.45, 2.75) is 13.5 Å². The van der Waals surface area contributed by atoms with Gasteiger partial charge in [-0.15, -0.1) is 0 Å². The van der Waals surface area contributed by atoms with E-state index in [1.807, 2.05) is 42.5 Å². The summed E-state index contributed by atoms with van der Waals surface area (Å²) in [6.45, 7) is 1.63. The lowest BCUT2D eigenvalue weighted by atomic mass is 9.99. The van der Waals surface area contributed by atoms with Crippen LogP contribution in [0.25, 0.3) is 11.1 Å². The molecule has 2 aromatic rings. The maximum absolute atomic E-state index is 10.9. The monoisotopic (exact) mass is 251 g/mol. The van der Waals surface area contributed by atoms with Gasteiger partial charge in [0, 0.05) is 6.92 Å². The van der Waals surface area contributed by atoms with E-state index in [-0.39, 0.29) is 12.6 Å². The lowest BCUT2D eigenvalue weighted by molar-refractivity contribution is -0.142. The number of esters is 1. The highest BCUT2D eigenvalue weighted by Crippen LogP contribution is 2.25. The number of benzene rings is 2. The third kappa shape index (κ3) is 3.20. The number of nitrogens with zero attached hydrogens (tertiary/aromatic N) is 1. The van der Waals surface area contributed by atoms with Crippen LogP contribution in [-0.4, -0.2) is 5.97 Å². The Hall–Kier alpha value is -2.60. The lowest BCUT2D eigenvalue weighted by Gasteiger charge is -2.09. The van der Waals surface area contributed by atoms with Gasteiger partial charge < -0.3 is 4.74 Å². The minimum Gasteiger partial charge on any atom is -0.461 e. The van der Waals surface area contributed by atoms with Crippen LogP contribution in [0.2, 0.25) is 0 Å². The molecule has 0 unspecified atom stereocenters. The highest BCUT2D eigenvalue weighted by Gasteiger charge is 2.06. The normalized spacial score (nSPS) is 9.68. The van der Waals surface area contributed by atoms with Gasteiger partial charge in [0.25, 0.3) is 0 Å². The van der Waals surface area contributed by atoms with Crippen LogP contribution in [0.15, 0.2) is 48.5 Å². The Balaban J connectivity index is 2.38. The lowest BCUT2D eigenvalue weighted by Crippen LogP contribution is -2.00. The molecule has 3 nitrogen and oxygen atoms in total. The molecule has 0 heterocycles. The van der Waals surface area contributed by atoms with Gasteiger partial charge in [-0.05, 0) is 28.8 Å². The number of nitriles is 1. The maximum Gasteiger partial charge on any atom is 0.302 e. The van der Waals surface area contributed by atoms with Gasteiger partial charge in [-0.2, -0.15) is 5.26 Å². The molecule has 0 fully saturated rings. The Morgan fingerprint density at radius 1 is 1.21 bits per heavy atom. The van der Waals surface area contributed by atoms with Crippen LogP contribution in [0.4, 0.5) is 0 Å². The summed E-state index contributed by atoms with van der Waals surface area (Å²) in [5, 5.41) is 8.94. The summed E-state index contributed by atoms with van der Waals surface area (Å²) >= 11 is 0. The molecule has 0 aliphatic carbocycles. The van der Waals surface area contributed by atoms with Crippen molar-refractivity contribution < 1.29 is 9.53 Å². The van der Waals surface area contributed by atoms with Gasteiger partial charge in [-0.3, -0.25) is 4.79 Å². The molecule has 2 rings (SSSR count). The number of ether oxygens (including phenoxy) is 1. The average molecular weight is 251 g/mol. The van der Waals surface area contributed by atoms with E-state index in [0.717, 1.165) is 16.7 Å². The van der Waals surface area contributed by atoms with Gasteiger partial charge in [0.1, 0.15) is 6.61 Å². The van der Waals surface area contributed by atoms with Gasteiger partial charge in [-0.1, -0.05) is 36.4 Å². The second kappa shape index (κ2) is 5.83. The minimum atomic E-state index is -0.305. The molecule has 0 radical (unpaired) electrons. The molecular formula is C16H13NO2. The van der Waals surface area contributed by atoms with Crippen molar-refractivity contribution in [3.63, 3.8) is 0 Å². The van der Waals surface area contributed by atoms with E-state index in [9.17, 15) is 4.79 Å². The fourth-order valence-corrected chi connectivity index (χ4v) is 1.86. The first-order valence-corrected chi connectivity index (χ1v) is 5.92. The van der Waals surface area contributed by atoms with E-state index in [2.05, 4.69) is 6.07 Å². The maximum atomic E-state index is 10.9. The smallest absolute Gasteiger partial charge is 0.302 e. The first-order valence-electron chi connectivity index (χ1n) is 5.92. The summed E-state index contributed by atoms with van der Waals surface area (Å²) in [7, 11) is 0. The topological polar surface area (TPSA) is 50.1 Å². The van der Waals surface area contributed by atoms with Crippen molar-refractivity contribution in [2.75, 3.05) is 0 Å². The van der Waals surface area contributed by atoms with Crippen LogP contribution in [0.1, 0.15) is 18.1 Å². The van der Waals surface area contributed by atoms with E-state index in [1.165, 1.54) is 6.92 Å². The molecule has 0 spiro atoms. The summed E-state index contributed by atoms with van der Waals surface area (Å²) in [5.74, 6) is -0.305. The van der Waals surface area contributed by atoms with E-state index >= 15 is 0 Å². The largest absolute Gasteiger partial charge is 0.461 e. The Bertz CT molecular complexity index is 641. The zero-order chi connectivity index (χ0) is 13.7.